The van der Waals surface area contributed by atoms with Gasteiger partial charge in [0.25, 0.3) is 0 Å². The maximum atomic E-state index is 12.9. The third-order valence-electron chi connectivity index (χ3n) is 3.46. The molecule has 124 valence electrons. The van der Waals surface area contributed by atoms with E-state index >= 15 is 0 Å². The molecule has 1 aromatic carbocycles. The Hall–Kier alpha value is -3.55. The molecule has 0 amide bonds. The number of hydrogen-bond donors (Lipinski definition) is 1. The third-order valence-corrected chi connectivity index (χ3v) is 3.46. The van der Waals surface area contributed by atoms with E-state index in [9.17, 15) is 4.39 Å². The lowest BCUT2D eigenvalue weighted by Crippen LogP contribution is -2.08. The van der Waals surface area contributed by atoms with Crippen LogP contribution in [0.1, 0.15) is 5.69 Å². The Morgan fingerprint density at radius 2 is 1.80 bits per heavy atom. The summed E-state index contributed by atoms with van der Waals surface area (Å²) in [6, 6.07) is 11.1. The Balaban J connectivity index is 1.48. The molecular weight excluding hydrogens is 323 g/mol. The molecule has 4 aromatic rings. The quantitative estimate of drug-likeness (QED) is 0.603. The highest BCUT2D eigenvalue weighted by atomic mass is 19.1. The van der Waals surface area contributed by atoms with Crippen molar-refractivity contribution in [3.8, 4) is 11.6 Å². The van der Waals surface area contributed by atoms with Gasteiger partial charge in [-0.25, -0.2) is 18.9 Å². The van der Waals surface area contributed by atoms with Crippen LogP contribution in [-0.4, -0.2) is 24.6 Å². The maximum Gasteiger partial charge on any atom is 0.226 e. The largest absolute Gasteiger partial charge is 0.439 e. The van der Waals surface area contributed by atoms with Crippen LogP contribution in [0.2, 0.25) is 0 Å². The van der Waals surface area contributed by atoms with Crippen molar-refractivity contribution in [3.05, 3.63) is 72.6 Å². The highest BCUT2D eigenvalue weighted by molar-refractivity contribution is 5.38. The van der Waals surface area contributed by atoms with E-state index in [1.165, 1.54) is 24.3 Å². The van der Waals surface area contributed by atoms with Crippen molar-refractivity contribution < 1.29 is 9.13 Å². The zero-order valence-electron chi connectivity index (χ0n) is 13.0. The van der Waals surface area contributed by atoms with E-state index in [1.54, 1.807) is 29.2 Å². The molecule has 0 saturated heterocycles. The second-order valence-electron chi connectivity index (χ2n) is 5.17. The molecule has 0 aliphatic rings. The molecule has 0 aliphatic carbocycles. The molecule has 4 rings (SSSR count). The summed E-state index contributed by atoms with van der Waals surface area (Å²) in [6.45, 7) is 0.473. The first kappa shape index (κ1) is 15.0. The van der Waals surface area contributed by atoms with Crippen molar-refractivity contribution in [2.45, 2.75) is 6.54 Å². The lowest BCUT2D eigenvalue weighted by atomic mass is 10.3. The van der Waals surface area contributed by atoms with Crippen LogP contribution in [0, 0.1) is 5.82 Å². The molecule has 0 saturated carbocycles. The molecule has 1 N–H and O–H groups in total. The number of hydrogen-bond acceptors (Lipinski definition) is 6. The van der Waals surface area contributed by atoms with Crippen molar-refractivity contribution in [2.75, 3.05) is 5.32 Å². The van der Waals surface area contributed by atoms with Gasteiger partial charge in [0.1, 0.15) is 11.6 Å². The van der Waals surface area contributed by atoms with E-state index in [-0.39, 0.29) is 5.82 Å². The number of aromatic nitrogens is 5. The van der Waals surface area contributed by atoms with Gasteiger partial charge < -0.3 is 10.1 Å². The molecule has 8 heteroatoms. The average molecular weight is 336 g/mol. The summed E-state index contributed by atoms with van der Waals surface area (Å²) in [5.74, 6) is 0.956. The second kappa shape index (κ2) is 6.52. The summed E-state index contributed by atoms with van der Waals surface area (Å²) in [7, 11) is 0. The van der Waals surface area contributed by atoms with E-state index in [0.29, 0.717) is 24.1 Å². The average Bonchev–Trinajstić information content (AvgIpc) is 3.12. The Morgan fingerprint density at radius 3 is 2.68 bits per heavy atom. The van der Waals surface area contributed by atoms with Crippen molar-refractivity contribution in [1.82, 2.24) is 24.6 Å². The number of nitrogens with one attached hydrogen (secondary N) is 1. The lowest BCUT2D eigenvalue weighted by molar-refractivity contribution is 0.460. The third kappa shape index (κ3) is 3.37. The number of ether oxygens (including phenoxy) is 1. The lowest BCUT2D eigenvalue weighted by Gasteiger charge is -2.08. The molecule has 0 atom stereocenters. The van der Waals surface area contributed by atoms with Crippen LogP contribution < -0.4 is 10.1 Å². The van der Waals surface area contributed by atoms with Gasteiger partial charge in [-0.2, -0.15) is 10.1 Å². The molecule has 0 aliphatic heterocycles. The van der Waals surface area contributed by atoms with Crippen LogP contribution in [0.3, 0.4) is 0 Å². The van der Waals surface area contributed by atoms with Gasteiger partial charge >= 0.3 is 0 Å². The maximum absolute atomic E-state index is 12.9. The fraction of sp³-hybridized carbons (Fsp3) is 0.0588. The van der Waals surface area contributed by atoms with E-state index in [1.807, 2.05) is 12.1 Å². The van der Waals surface area contributed by atoms with Gasteiger partial charge in [-0.15, -0.1) is 0 Å². The van der Waals surface area contributed by atoms with Crippen LogP contribution >= 0.6 is 0 Å². The molecule has 0 bridgehead atoms. The van der Waals surface area contributed by atoms with Crippen LogP contribution in [-0.2, 0) is 6.54 Å². The topological polar surface area (TPSA) is 77.2 Å². The van der Waals surface area contributed by atoms with Gasteiger partial charge in [0.05, 0.1) is 18.4 Å². The second-order valence-corrected chi connectivity index (χ2v) is 5.17. The Labute approximate surface area is 142 Å². The predicted octanol–water partition coefficient (Wildman–Crippen LogP) is 3.06. The van der Waals surface area contributed by atoms with Gasteiger partial charge in [-0.05, 0) is 30.3 Å². The molecule has 0 spiro atoms. The number of halogens is 1. The minimum absolute atomic E-state index is 0.320. The normalized spacial score (nSPS) is 10.8. The summed E-state index contributed by atoms with van der Waals surface area (Å²) in [4.78, 5) is 12.7. The Morgan fingerprint density at radius 1 is 0.960 bits per heavy atom. The molecule has 0 fully saturated rings. The Bertz CT molecular complexity index is 1000. The minimum atomic E-state index is -0.320. The predicted molar refractivity (Wildman–Crippen MR) is 88.8 cm³/mol. The van der Waals surface area contributed by atoms with Crippen molar-refractivity contribution in [2.24, 2.45) is 0 Å². The Kier molecular flexibility index (Phi) is 3.91. The van der Waals surface area contributed by atoms with E-state index in [2.05, 4.69) is 25.4 Å². The summed E-state index contributed by atoms with van der Waals surface area (Å²) in [5.41, 5.74) is 1.69. The minimum Gasteiger partial charge on any atom is -0.439 e. The monoisotopic (exact) mass is 336 g/mol. The van der Waals surface area contributed by atoms with Crippen molar-refractivity contribution >= 4 is 11.6 Å². The number of rotatable bonds is 5. The molecule has 3 aromatic heterocycles. The number of nitrogens with zero attached hydrogens (tertiary/aromatic N) is 5. The molecule has 7 nitrogen and oxygen atoms in total. The number of benzene rings is 1. The zero-order chi connectivity index (χ0) is 17.1. The van der Waals surface area contributed by atoms with Gasteiger partial charge in [0.2, 0.25) is 11.8 Å². The number of fused-ring (bicyclic) bond motifs is 1. The summed E-state index contributed by atoms with van der Waals surface area (Å²) in [6.07, 6.45) is 5.01. The number of anilines is 1. The van der Waals surface area contributed by atoms with Crippen molar-refractivity contribution in [1.29, 1.82) is 0 Å². The van der Waals surface area contributed by atoms with Crippen LogP contribution in [0.25, 0.3) is 5.65 Å². The molecule has 0 unspecified atom stereocenters. The first-order chi connectivity index (χ1) is 12.3. The smallest absolute Gasteiger partial charge is 0.226 e. The summed E-state index contributed by atoms with van der Waals surface area (Å²) in [5, 5.41) is 7.36. The molecule has 0 radical (unpaired) electrons. The van der Waals surface area contributed by atoms with Crippen LogP contribution in [0.15, 0.2) is 61.1 Å². The van der Waals surface area contributed by atoms with Gasteiger partial charge in [-0.1, -0.05) is 0 Å². The molecular formula is C17H13FN6O. The molecule has 3 heterocycles. The molecule has 25 heavy (non-hydrogen) atoms. The van der Waals surface area contributed by atoms with Crippen LogP contribution in [0.5, 0.6) is 11.6 Å². The fourth-order valence-electron chi connectivity index (χ4n) is 2.30. The van der Waals surface area contributed by atoms with E-state index < -0.39 is 0 Å². The first-order valence-corrected chi connectivity index (χ1v) is 7.56. The summed E-state index contributed by atoms with van der Waals surface area (Å²) >= 11 is 0. The highest BCUT2D eigenvalue weighted by Crippen LogP contribution is 2.20. The van der Waals surface area contributed by atoms with E-state index in [0.717, 1.165) is 11.3 Å². The first-order valence-electron chi connectivity index (χ1n) is 7.56. The summed E-state index contributed by atoms with van der Waals surface area (Å²) < 4.78 is 20.3. The van der Waals surface area contributed by atoms with E-state index in [4.69, 9.17) is 4.74 Å². The fourth-order valence-corrected chi connectivity index (χ4v) is 2.30. The van der Waals surface area contributed by atoms with Crippen molar-refractivity contribution in [3.63, 3.8) is 0 Å². The van der Waals surface area contributed by atoms with Gasteiger partial charge in [0, 0.05) is 24.5 Å². The zero-order valence-corrected chi connectivity index (χ0v) is 13.0. The standard InChI is InChI=1S/C17H13FN6O/c18-12-1-3-14(4-2-12)25-16-7-9-20-17(23-16)21-11-13-5-8-19-15-6-10-22-24(13)15/h1-10H,11H2,(H,20,21,23). The SMILES string of the molecule is Fc1ccc(Oc2ccnc(NCc3ccnc4ccnn34)n2)cc1. The van der Waals surface area contributed by atoms with Gasteiger partial charge in [-0.3, -0.25) is 0 Å². The highest BCUT2D eigenvalue weighted by Gasteiger charge is 2.05. The van der Waals surface area contributed by atoms with Crippen LogP contribution in [0.4, 0.5) is 10.3 Å². The van der Waals surface area contributed by atoms with Gasteiger partial charge in [0.15, 0.2) is 5.65 Å².